The highest BCUT2D eigenvalue weighted by Gasteiger charge is 2.49. The minimum absolute atomic E-state index is 0.144. The zero-order valence-corrected chi connectivity index (χ0v) is 19.6. The second-order valence-electron chi connectivity index (χ2n) is 9.09. The molecule has 1 fully saturated rings. The molecule has 170 valence electrons. The van der Waals surface area contributed by atoms with Gasteiger partial charge in [0, 0.05) is 25.4 Å². The van der Waals surface area contributed by atoms with Crippen molar-refractivity contribution in [3.05, 3.63) is 28.8 Å². The average Bonchev–Trinajstić information content (AvgIpc) is 3.15. The third-order valence-corrected chi connectivity index (χ3v) is 7.74. The molecule has 0 radical (unpaired) electrons. The number of hydrogen-bond acceptors (Lipinski definition) is 5. The van der Waals surface area contributed by atoms with Gasteiger partial charge < -0.3 is 16.2 Å². The van der Waals surface area contributed by atoms with E-state index in [0.717, 1.165) is 47.3 Å². The number of fused-ring (bicyclic) bond motifs is 1. The lowest BCUT2D eigenvalue weighted by atomic mass is 9.68. The fourth-order valence-electron chi connectivity index (χ4n) is 4.84. The van der Waals surface area contributed by atoms with Gasteiger partial charge in [0.15, 0.2) is 0 Å². The Kier molecular flexibility index (Phi) is 7.70. The van der Waals surface area contributed by atoms with Gasteiger partial charge in [0.2, 0.25) is 11.8 Å². The number of nitrogens with two attached hydrogens (primary N) is 1. The molecule has 7 heteroatoms. The molecule has 1 aliphatic rings. The van der Waals surface area contributed by atoms with Gasteiger partial charge >= 0.3 is 0 Å². The Hall–Kier alpha value is -1.99. The van der Waals surface area contributed by atoms with Crippen molar-refractivity contribution in [2.45, 2.75) is 77.2 Å². The maximum Gasteiger partial charge on any atom is 0.244 e. The van der Waals surface area contributed by atoms with Crippen LogP contribution in [0.4, 0.5) is 0 Å². The summed E-state index contributed by atoms with van der Waals surface area (Å²) in [4.78, 5) is 30.2. The van der Waals surface area contributed by atoms with Crippen LogP contribution in [0.25, 0.3) is 10.2 Å². The Bertz CT molecular complexity index is 920. The molecule has 0 spiro atoms. The van der Waals surface area contributed by atoms with Crippen LogP contribution in [0.5, 0.6) is 0 Å². The van der Waals surface area contributed by atoms with Crippen LogP contribution in [0.2, 0.25) is 0 Å². The molecule has 1 unspecified atom stereocenters. The van der Waals surface area contributed by atoms with Crippen LogP contribution in [-0.2, 0) is 16.0 Å². The SMILES string of the molecule is CCC(=O)NC(Cc1nc2ccc(C(C)C)cc2s1)(C(N)=O)[C@@H](CO)C1CCCCC1. The molecule has 1 aliphatic carbocycles. The summed E-state index contributed by atoms with van der Waals surface area (Å²) in [5.74, 6) is -0.713. The summed E-state index contributed by atoms with van der Waals surface area (Å²) in [5.41, 5.74) is 6.74. The van der Waals surface area contributed by atoms with E-state index in [1.54, 1.807) is 6.92 Å². The number of hydrogen-bond donors (Lipinski definition) is 3. The van der Waals surface area contributed by atoms with Gasteiger partial charge in [0.1, 0.15) is 5.54 Å². The number of thiazole rings is 1. The molecule has 2 atom stereocenters. The summed E-state index contributed by atoms with van der Waals surface area (Å²) in [6.07, 6.45) is 5.60. The minimum Gasteiger partial charge on any atom is -0.396 e. The highest BCUT2D eigenvalue weighted by Crippen LogP contribution is 2.39. The Balaban J connectivity index is 2.03. The van der Waals surface area contributed by atoms with Gasteiger partial charge in [-0.2, -0.15) is 0 Å². The predicted molar refractivity (Wildman–Crippen MR) is 125 cm³/mol. The number of aliphatic hydroxyl groups excluding tert-OH is 1. The van der Waals surface area contributed by atoms with E-state index in [1.807, 2.05) is 6.07 Å². The van der Waals surface area contributed by atoms with Gasteiger partial charge in [0.05, 0.1) is 15.2 Å². The lowest BCUT2D eigenvalue weighted by molar-refractivity contribution is -0.136. The number of carbonyl (C=O) groups is 2. The van der Waals surface area contributed by atoms with Crippen LogP contribution >= 0.6 is 11.3 Å². The van der Waals surface area contributed by atoms with Gasteiger partial charge in [-0.25, -0.2) is 4.98 Å². The molecule has 1 aromatic carbocycles. The number of carbonyl (C=O) groups excluding carboxylic acids is 2. The lowest BCUT2D eigenvalue weighted by Gasteiger charge is -2.43. The van der Waals surface area contributed by atoms with E-state index < -0.39 is 17.4 Å². The van der Waals surface area contributed by atoms with E-state index in [2.05, 4.69) is 31.3 Å². The van der Waals surface area contributed by atoms with Gasteiger partial charge in [0.25, 0.3) is 0 Å². The monoisotopic (exact) mass is 445 g/mol. The second-order valence-corrected chi connectivity index (χ2v) is 10.2. The third-order valence-electron chi connectivity index (χ3n) is 6.73. The maximum absolute atomic E-state index is 13.0. The third kappa shape index (κ3) is 5.09. The average molecular weight is 446 g/mol. The number of aliphatic hydroxyl groups is 1. The number of primary amides is 1. The molecule has 6 nitrogen and oxygen atoms in total. The Morgan fingerprint density at radius 2 is 2.00 bits per heavy atom. The van der Waals surface area contributed by atoms with Crippen LogP contribution in [0.3, 0.4) is 0 Å². The number of aromatic nitrogens is 1. The summed E-state index contributed by atoms with van der Waals surface area (Å²) in [5, 5.41) is 14.1. The molecule has 0 bridgehead atoms. The van der Waals surface area contributed by atoms with E-state index in [1.165, 1.54) is 16.9 Å². The first kappa shape index (κ1) is 23.7. The van der Waals surface area contributed by atoms with E-state index in [9.17, 15) is 14.7 Å². The Morgan fingerprint density at radius 3 is 2.58 bits per heavy atom. The zero-order chi connectivity index (χ0) is 22.6. The van der Waals surface area contributed by atoms with Crippen LogP contribution in [0.15, 0.2) is 18.2 Å². The number of nitrogens with zero attached hydrogens (tertiary/aromatic N) is 1. The summed E-state index contributed by atoms with van der Waals surface area (Å²) < 4.78 is 1.06. The predicted octanol–water partition coefficient (Wildman–Crippen LogP) is 3.90. The molecule has 4 N–H and O–H groups in total. The minimum atomic E-state index is -1.35. The Morgan fingerprint density at radius 1 is 1.29 bits per heavy atom. The highest BCUT2D eigenvalue weighted by atomic mass is 32.1. The zero-order valence-electron chi connectivity index (χ0n) is 18.8. The van der Waals surface area contributed by atoms with E-state index >= 15 is 0 Å². The number of amides is 2. The first-order valence-corrected chi connectivity index (χ1v) is 12.2. The first-order chi connectivity index (χ1) is 14.8. The molecule has 2 aromatic rings. The summed E-state index contributed by atoms with van der Waals surface area (Å²) in [6, 6.07) is 6.23. The normalized spacial score (nSPS) is 18.1. The smallest absolute Gasteiger partial charge is 0.244 e. The molecule has 0 aliphatic heterocycles. The number of rotatable bonds is 9. The summed E-state index contributed by atoms with van der Waals surface area (Å²) in [6.45, 7) is 5.86. The highest BCUT2D eigenvalue weighted by molar-refractivity contribution is 7.18. The standard InChI is InChI=1S/C24H35N3O3S/c1-4-21(29)27-24(23(25)30,18(14-28)16-8-6-5-7-9-16)13-22-26-19-11-10-17(15(2)3)12-20(19)31-22/h10-12,15-16,18,28H,4-9,13-14H2,1-3H3,(H2,25,30)(H,27,29)/t18-,24?/m0/s1. The van der Waals surface area contributed by atoms with Crippen LogP contribution in [0.1, 0.15) is 75.8 Å². The van der Waals surface area contributed by atoms with Crippen LogP contribution in [-0.4, -0.2) is 34.1 Å². The van der Waals surface area contributed by atoms with Crippen molar-refractivity contribution in [3.8, 4) is 0 Å². The number of nitrogens with one attached hydrogen (secondary N) is 1. The van der Waals surface area contributed by atoms with Crippen molar-refractivity contribution < 1.29 is 14.7 Å². The van der Waals surface area contributed by atoms with E-state index in [0.29, 0.717) is 5.92 Å². The molecule has 1 heterocycles. The first-order valence-electron chi connectivity index (χ1n) is 11.4. The van der Waals surface area contributed by atoms with Gasteiger partial charge in [-0.15, -0.1) is 11.3 Å². The molecular formula is C24H35N3O3S. The summed E-state index contributed by atoms with van der Waals surface area (Å²) in [7, 11) is 0. The van der Waals surface area contributed by atoms with E-state index in [4.69, 9.17) is 10.7 Å². The molecule has 31 heavy (non-hydrogen) atoms. The van der Waals surface area contributed by atoms with Gasteiger partial charge in [-0.3, -0.25) is 9.59 Å². The van der Waals surface area contributed by atoms with Crippen molar-refractivity contribution in [3.63, 3.8) is 0 Å². The largest absolute Gasteiger partial charge is 0.396 e. The number of benzene rings is 1. The Labute approximate surface area is 188 Å². The van der Waals surface area contributed by atoms with Gasteiger partial charge in [-0.05, 0) is 42.4 Å². The van der Waals surface area contributed by atoms with Crippen LogP contribution < -0.4 is 11.1 Å². The fourth-order valence-corrected chi connectivity index (χ4v) is 5.95. The van der Waals surface area contributed by atoms with Crippen LogP contribution in [0, 0.1) is 11.8 Å². The van der Waals surface area contributed by atoms with Crippen molar-refractivity contribution in [2.75, 3.05) is 6.61 Å². The summed E-state index contributed by atoms with van der Waals surface area (Å²) >= 11 is 1.53. The fraction of sp³-hybridized carbons (Fsp3) is 0.625. The van der Waals surface area contributed by atoms with Crippen molar-refractivity contribution >= 4 is 33.4 Å². The quantitative estimate of drug-likeness (QED) is 0.544. The molecule has 1 aromatic heterocycles. The molecule has 1 saturated carbocycles. The molecular weight excluding hydrogens is 410 g/mol. The van der Waals surface area contributed by atoms with E-state index in [-0.39, 0.29) is 31.3 Å². The lowest BCUT2D eigenvalue weighted by Crippen LogP contribution is -2.65. The van der Waals surface area contributed by atoms with Gasteiger partial charge in [-0.1, -0.05) is 46.1 Å². The van der Waals surface area contributed by atoms with Crippen molar-refractivity contribution in [2.24, 2.45) is 17.6 Å². The molecule has 2 amide bonds. The maximum atomic E-state index is 13.0. The van der Waals surface area contributed by atoms with Crippen molar-refractivity contribution in [1.29, 1.82) is 0 Å². The van der Waals surface area contributed by atoms with Crippen molar-refractivity contribution in [1.82, 2.24) is 10.3 Å². The topological polar surface area (TPSA) is 105 Å². The molecule has 0 saturated heterocycles. The molecule has 3 rings (SSSR count). The second kappa shape index (κ2) is 10.1.